The monoisotopic (exact) mass is 205 g/mol. The Morgan fingerprint density at radius 3 is 2.67 bits per heavy atom. The molecular formula is C13H19NO. The molecule has 1 atom stereocenters. The van der Waals surface area contributed by atoms with E-state index in [-0.39, 0.29) is 5.41 Å². The largest absolute Gasteiger partial charge is 0.372 e. The summed E-state index contributed by atoms with van der Waals surface area (Å²) >= 11 is 0. The topological polar surface area (TPSA) is 21.3 Å². The van der Waals surface area contributed by atoms with E-state index in [0.29, 0.717) is 6.10 Å². The molecule has 0 spiro atoms. The maximum Gasteiger partial charge on any atom is 0.0766 e. The number of nitrogens with one attached hydrogen (secondary N) is 1. The average Bonchev–Trinajstić information content (AvgIpc) is 2.56. The van der Waals surface area contributed by atoms with Crippen LogP contribution >= 0.6 is 0 Å². The second-order valence-corrected chi connectivity index (χ2v) is 4.90. The second kappa shape index (κ2) is 4.33. The van der Waals surface area contributed by atoms with Crippen LogP contribution in [0.5, 0.6) is 0 Å². The van der Waals surface area contributed by atoms with Crippen LogP contribution in [0.2, 0.25) is 0 Å². The molecule has 1 N–H and O–H groups in total. The zero-order valence-electron chi connectivity index (χ0n) is 9.49. The third-order valence-corrected chi connectivity index (χ3v) is 3.08. The maximum atomic E-state index is 5.94. The van der Waals surface area contributed by atoms with Crippen molar-refractivity contribution >= 4 is 0 Å². The van der Waals surface area contributed by atoms with Crippen molar-refractivity contribution in [1.82, 2.24) is 5.32 Å². The van der Waals surface area contributed by atoms with Crippen molar-refractivity contribution in [3.63, 3.8) is 0 Å². The fourth-order valence-corrected chi connectivity index (χ4v) is 1.97. The van der Waals surface area contributed by atoms with Crippen LogP contribution < -0.4 is 5.32 Å². The summed E-state index contributed by atoms with van der Waals surface area (Å²) in [7, 11) is 0. The Balaban J connectivity index is 1.89. The van der Waals surface area contributed by atoms with Gasteiger partial charge in [-0.15, -0.1) is 0 Å². The number of ether oxygens (including phenoxy) is 1. The van der Waals surface area contributed by atoms with E-state index in [1.807, 2.05) is 6.07 Å². The molecule has 2 rings (SSSR count). The Morgan fingerprint density at radius 1 is 1.33 bits per heavy atom. The fraction of sp³-hybridized carbons (Fsp3) is 0.538. The molecule has 0 saturated carbocycles. The van der Waals surface area contributed by atoms with Crippen molar-refractivity contribution in [2.24, 2.45) is 5.41 Å². The molecule has 0 aromatic heterocycles. The molecule has 1 aliphatic rings. The quantitative estimate of drug-likeness (QED) is 0.817. The molecule has 2 heteroatoms. The van der Waals surface area contributed by atoms with Gasteiger partial charge in [0.15, 0.2) is 0 Å². The van der Waals surface area contributed by atoms with Crippen LogP contribution in [0.25, 0.3) is 0 Å². The molecule has 1 saturated heterocycles. The highest BCUT2D eigenvalue weighted by atomic mass is 16.5. The molecule has 0 radical (unpaired) electrons. The maximum absolute atomic E-state index is 5.94. The SMILES string of the molecule is CC1(C)CNC[C@H]1OCc1ccccc1. The van der Waals surface area contributed by atoms with Gasteiger partial charge in [0.25, 0.3) is 0 Å². The first-order chi connectivity index (χ1) is 7.18. The average molecular weight is 205 g/mol. The van der Waals surface area contributed by atoms with Gasteiger partial charge in [-0.25, -0.2) is 0 Å². The molecule has 1 aromatic carbocycles. The van der Waals surface area contributed by atoms with Crippen LogP contribution in [-0.2, 0) is 11.3 Å². The zero-order valence-corrected chi connectivity index (χ0v) is 9.49. The predicted molar refractivity (Wildman–Crippen MR) is 61.7 cm³/mol. The van der Waals surface area contributed by atoms with E-state index in [0.717, 1.165) is 19.7 Å². The van der Waals surface area contributed by atoms with E-state index >= 15 is 0 Å². The first kappa shape index (κ1) is 10.7. The summed E-state index contributed by atoms with van der Waals surface area (Å²) in [6, 6.07) is 10.3. The van der Waals surface area contributed by atoms with Gasteiger partial charge in [-0.2, -0.15) is 0 Å². The first-order valence-electron chi connectivity index (χ1n) is 5.55. The summed E-state index contributed by atoms with van der Waals surface area (Å²) in [5.74, 6) is 0. The van der Waals surface area contributed by atoms with Crippen LogP contribution in [0, 0.1) is 5.41 Å². The third-order valence-electron chi connectivity index (χ3n) is 3.08. The highest BCUT2D eigenvalue weighted by Crippen LogP contribution is 2.27. The van der Waals surface area contributed by atoms with Crippen LogP contribution in [0.4, 0.5) is 0 Å². The lowest BCUT2D eigenvalue weighted by Gasteiger charge is -2.25. The van der Waals surface area contributed by atoms with Gasteiger partial charge in [-0.05, 0) is 5.56 Å². The minimum absolute atomic E-state index is 0.259. The molecule has 0 amide bonds. The van der Waals surface area contributed by atoms with Crippen molar-refractivity contribution in [1.29, 1.82) is 0 Å². The molecule has 0 bridgehead atoms. The Kier molecular flexibility index (Phi) is 3.08. The van der Waals surface area contributed by atoms with E-state index in [9.17, 15) is 0 Å². The summed E-state index contributed by atoms with van der Waals surface area (Å²) < 4.78 is 5.94. The molecule has 1 fully saturated rings. The number of rotatable bonds is 3. The molecule has 15 heavy (non-hydrogen) atoms. The number of hydrogen-bond acceptors (Lipinski definition) is 2. The first-order valence-corrected chi connectivity index (χ1v) is 5.55. The van der Waals surface area contributed by atoms with Gasteiger partial charge >= 0.3 is 0 Å². The molecule has 1 heterocycles. The smallest absolute Gasteiger partial charge is 0.0766 e. The standard InChI is InChI=1S/C13H19NO/c1-13(2)10-14-8-12(13)15-9-11-6-4-3-5-7-11/h3-7,12,14H,8-10H2,1-2H3/t12-/m1/s1. The van der Waals surface area contributed by atoms with Crippen molar-refractivity contribution < 1.29 is 4.74 Å². The van der Waals surface area contributed by atoms with Crippen LogP contribution in [0.3, 0.4) is 0 Å². The lowest BCUT2D eigenvalue weighted by atomic mass is 9.90. The summed E-state index contributed by atoms with van der Waals surface area (Å²) in [6.07, 6.45) is 0.331. The lowest BCUT2D eigenvalue weighted by Crippen LogP contribution is -2.29. The zero-order chi connectivity index (χ0) is 10.7. The van der Waals surface area contributed by atoms with E-state index < -0.39 is 0 Å². The predicted octanol–water partition coefficient (Wildman–Crippen LogP) is 2.20. The Bertz CT molecular complexity index is 308. The van der Waals surface area contributed by atoms with Gasteiger partial charge in [0.05, 0.1) is 12.7 Å². The van der Waals surface area contributed by atoms with Crippen molar-refractivity contribution in [2.45, 2.75) is 26.6 Å². The molecular weight excluding hydrogens is 186 g/mol. The highest BCUT2D eigenvalue weighted by Gasteiger charge is 2.34. The molecule has 1 aliphatic heterocycles. The van der Waals surface area contributed by atoms with E-state index in [1.54, 1.807) is 0 Å². The fourth-order valence-electron chi connectivity index (χ4n) is 1.97. The Hall–Kier alpha value is -0.860. The van der Waals surface area contributed by atoms with Crippen LogP contribution in [0.15, 0.2) is 30.3 Å². The van der Waals surface area contributed by atoms with Gasteiger partial charge in [0.1, 0.15) is 0 Å². The van der Waals surface area contributed by atoms with E-state index in [4.69, 9.17) is 4.74 Å². The van der Waals surface area contributed by atoms with Crippen molar-refractivity contribution in [3.05, 3.63) is 35.9 Å². The summed E-state index contributed by atoms with van der Waals surface area (Å²) in [5.41, 5.74) is 1.51. The number of hydrogen-bond donors (Lipinski definition) is 1. The molecule has 0 unspecified atom stereocenters. The van der Waals surface area contributed by atoms with E-state index in [2.05, 4.69) is 43.4 Å². The van der Waals surface area contributed by atoms with Gasteiger partial charge in [0.2, 0.25) is 0 Å². The van der Waals surface area contributed by atoms with Gasteiger partial charge in [-0.3, -0.25) is 0 Å². The summed E-state index contributed by atoms with van der Waals surface area (Å²) in [6.45, 7) is 7.24. The lowest BCUT2D eigenvalue weighted by molar-refractivity contribution is -0.00481. The second-order valence-electron chi connectivity index (χ2n) is 4.90. The van der Waals surface area contributed by atoms with Crippen LogP contribution in [0.1, 0.15) is 19.4 Å². The third kappa shape index (κ3) is 2.58. The minimum Gasteiger partial charge on any atom is -0.372 e. The summed E-state index contributed by atoms with van der Waals surface area (Å²) in [5, 5.41) is 3.37. The van der Waals surface area contributed by atoms with E-state index in [1.165, 1.54) is 5.56 Å². The molecule has 0 aliphatic carbocycles. The highest BCUT2D eigenvalue weighted by molar-refractivity contribution is 5.13. The Labute approximate surface area is 91.6 Å². The van der Waals surface area contributed by atoms with Gasteiger partial charge in [0, 0.05) is 18.5 Å². The molecule has 2 nitrogen and oxygen atoms in total. The van der Waals surface area contributed by atoms with Gasteiger partial charge < -0.3 is 10.1 Å². The molecule has 1 aromatic rings. The van der Waals surface area contributed by atoms with Crippen molar-refractivity contribution in [2.75, 3.05) is 13.1 Å². The van der Waals surface area contributed by atoms with Gasteiger partial charge in [-0.1, -0.05) is 44.2 Å². The number of benzene rings is 1. The molecule has 82 valence electrons. The summed E-state index contributed by atoms with van der Waals surface area (Å²) in [4.78, 5) is 0. The van der Waals surface area contributed by atoms with Crippen LogP contribution in [-0.4, -0.2) is 19.2 Å². The minimum atomic E-state index is 0.259. The Morgan fingerprint density at radius 2 is 2.07 bits per heavy atom. The van der Waals surface area contributed by atoms with Crippen molar-refractivity contribution in [3.8, 4) is 0 Å². The normalized spacial score (nSPS) is 24.3.